The molecule has 1 aromatic rings. The minimum atomic E-state index is 0.269. The first-order chi connectivity index (χ1) is 7.81. The number of hydrogen-bond donors (Lipinski definition) is 0. The van der Waals surface area contributed by atoms with E-state index in [9.17, 15) is 0 Å². The van der Waals surface area contributed by atoms with Gasteiger partial charge in [0, 0.05) is 13.0 Å². The zero-order valence-corrected chi connectivity index (χ0v) is 10.2. The molecule has 0 amide bonds. The lowest BCUT2D eigenvalue weighted by molar-refractivity contribution is 0.0740. The molecule has 0 bridgehead atoms. The molecule has 2 aliphatic rings. The van der Waals surface area contributed by atoms with Gasteiger partial charge in [-0.3, -0.25) is 4.57 Å². The largest absolute Gasteiger partial charge is 0.379 e. The first-order valence-electron chi connectivity index (χ1n) is 5.94. The van der Waals surface area contributed by atoms with Crippen molar-refractivity contribution in [3.05, 3.63) is 11.1 Å². The number of halogens is 1. The highest BCUT2D eigenvalue weighted by molar-refractivity contribution is 6.28. The van der Waals surface area contributed by atoms with Crippen molar-refractivity contribution in [3.63, 3.8) is 0 Å². The third kappa shape index (κ3) is 1.64. The van der Waals surface area contributed by atoms with Gasteiger partial charge in [0.05, 0.1) is 12.1 Å². The van der Waals surface area contributed by atoms with Crippen molar-refractivity contribution >= 4 is 11.6 Å². The number of ether oxygens (including phenoxy) is 1. The molecule has 0 saturated heterocycles. The van der Waals surface area contributed by atoms with Crippen LogP contribution in [0.1, 0.15) is 49.9 Å². The van der Waals surface area contributed by atoms with E-state index in [0.29, 0.717) is 17.2 Å². The molecule has 5 heteroatoms. The predicted molar refractivity (Wildman–Crippen MR) is 60.7 cm³/mol. The summed E-state index contributed by atoms with van der Waals surface area (Å²) in [7, 11) is 1.78. The lowest BCUT2D eigenvalue weighted by atomic mass is 10.2. The quantitative estimate of drug-likeness (QED) is 0.817. The van der Waals surface area contributed by atoms with E-state index in [1.165, 1.54) is 19.3 Å². The molecule has 2 aliphatic carbocycles. The summed E-state index contributed by atoms with van der Waals surface area (Å²) in [6.07, 6.45) is 6.14. The van der Waals surface area contributed by atoms with Crippen molar-refractivity contribution in [2.24, 2.45) is 0 Å². The SMILES string of the molecule is COC1CCCC1n1c(Cl)nnc1C1CC1. The minimum absolute atomic E-state index is 0.269. The Hall–Kier alpha value is -0.610. The fourth-order valence-corrected chi connectivity index (χ4v) is 2.94. The molecule has 16 heavy (non-hydrogen) atoms. The van der Waals surface area contributed by atoms with E-state index in [4.69, 9.17) is 16.3 Å². The maximum atomic E-state index is 6.15. The monoisotopic (exact) mass is 241 g/mol. The average molecular weight is 242 g/mol. The molecule has 2 unspecified atom stereocenters. The van der Waals surface area contributed by atoms with Gasteiger partial charge in [0.25, 0.3) is 0 Å². The van der Waals surface area contributed by atoms with E-state index < -0.39 is 0 Å². The van der Waals surface area contributed by atoms with Crippen LogP contribution in [-0.2, 0) is 4.74 Å². The van der Waals surface area contributed by atoms with Crippen molar-refractivity contribution in [2.45, 2.75) is 50.2 Å². The van der Waals surface area contributed by atoms with Gasteiger partial charge in [-0.2, -0.15) is 0 Å². The molecule has 4 nitrogen and oxygen atoms in total. The van der Waals surface area contributed by atoms with Gasteiger partial charge in [0.2, 0.25) is 5.28 Å². The Kier molecular flexibility index (Phi) is 2.64. The summed E-state index contributed by atoms with van der Waals surface area (Å²) in [6.45, 7) is 0. The van der Waals surface area contributed by atoms with Gasteiger partial charge >= 0.3 is 0 Å². The summed E-state index contributed by atoms with van der Waals surface area (Å²) in [6, 6.07) is 0.336. The van der Waals surface area contributed by atoms with Crippen LogP contribution in [0.4, 0.5) is 0 Å². The summed E-state index contributed by atoms with van der Waals surface area (Å²) >= 11 is 6.15. The molecule has 2 atom stereocenters. The molecule has 0 radical (unpaired) electrons. The Bertz CT molecular complexity index is 389. The number of aromatic nitrogens is 3. The Labute approximate surface area is 99.9 Å². The van der Waals surface area contributed by atoms with Crippen LogP contribution in [0.15, 0.2) is 0 Å². The summed E-state index contributed by atoms with van der Waals surface area (Å²) in [5, 5.41) is 8.75. The van der Waals surface area contributed by atoms with Crippen molar-refractivity contribution < 1.29 is 4.74 Å². The van der Waals surface area contributed by atoms with Gasteiger partial charge < -0.3 is 4.74 Å². The standard InChI is InChI=1S/C11H16ClN3O/c1-16-9-4-2-3-8(9)15-10(7-5-6-7)13-14-11(15)12/h7-9H,2-6H2,1H3. The molecule has 0 aliphatic heterocycles. The fourth-order valence-electron chi connectivity index (χ4n) is 2.69. The number of hydrogen-bond acceptors (Lipinski definition) is 3. The number of methoxy groups -OCH3 is 1. The van der Waals surface area contributed by atoms with Gasteiger partial charge in [-0.1, -0.05) is 0 Å². The smallest absolute Gasteiger partial charge is 0.225 e. The van der Waals surface area contributed by atoms with E-state index >= 15 is 0 Å². The van der Waals surface area contributed by atoms with Crippen LogP contribution in [0.2, 0.25) is 5.28 Å². The van der Waals surface area contributed by atoms with E-state index in [0.717, 1.165) is 18.7 Å². The molecule has 1 heterocycles. The maximum absolute atomic E-state index is 6.15. The minimum Gasteiger partial charge on any atom is -0.379 e. The second-order valence-corrected chi connectivity index (χ2v) is 5.08. The highest BCUT2D eigenvalue weighted by Gasteiger charge is 2.36. The lowest BCUT2D eigenvalue weighted by Gasteiger charge is -2.21. The average Bonchev–Trinajstić information content (AvgIpc) is 2.90. The van der Waals surface area contributed by atoms with Gasteiger partial charge in [-0.15, -0.1) is 10.2 Å². The molecular formula is C11H16ClN3O. The molecule has 1 aromatic heterocycles. The normalized spacial score (nSPS) is 29.9. The van der Waals surface area contributed by atoms with Gasteiger partial charge in [0.15, 0.2) is 0 Å². The predicted octanol–water partition coefficient (Wildman–Crippen LogP) is 2.55. The van der Waals surface area contributed by atoms with E-state index in [-0.39, 0.29) is 6.10 Å². The molecule has 88 valence electrons. The first-order valence-corrected chi connectivity index (χ1v) is 6.32. The molecule has 3 rings (SSSR count). The van der Waals surface area contributed by atoms with Crippen molar-refractivity contribution in [1.82, 2.24) is 14.8 Å². The summed E-state index contributed by atoms with van der Waals surface area (Å²) in [5.74, 6) is 1.65. The number of rotatable bonds is 3. The number of nitrogens with zero attached hydrogens (tertiary/aromatic N) is 3. The van der Waals surface area contributed by atoms with E-state index in [1.807, 2.05) is 0 Å². The summed E-state index contributed by atoms with van der Waals surface area (Å²) in [5.41, 5.74) is 0. The van der Waals surface area contributed by atoms with Crippen LogP contribution in [0.25, 0.3) is 0 Å². The van der Waals surface area contributed by atoms with Crippen molar-refractivity contribution in [2.75, 3.05) is 7.11 Å². The van der Waals surface area contributed by atoms with E-state index in [2.05, 4.69) is 14.8 Å². The van der Waals surface area contributed by atoms with Gasteiger partial charge in [-0.05, 0) is 43.7 Å². The van der Waals surface area contributed by atoms with Crippen LogP contribution >= 0.6 is 11.6 Å². The lowest BCUT2D eigenvalue weighted by Crippen LogP contribution is -2.22. The summed E-state index contributed by atoms with van der Waals surface area (Å²) in [4.78, 5) is 0. The molecule has 2 fully saturated rings. The molecular weight excluding hydrogens is 226 g/mol. The fraction of sp³-hybridized carbons (Fsp3) is 0.818. The van der Waals surface area contributed by atoms with Crippen LogP contribution in [0, 0.1) is 0 Å². The van der Waals surface area contributed by atoms with Crippen LogP contribution in [0.3, 0.4) is 0 Å². The Morgan fingerprint density at radius 3 is 2.75 bits per heavy atom. The van der Waals surface area contributed by atoms with Crippen LogP contribution < -0.4 is 0 Å². The first kappa shape index (κ1) is 10.5. The molecule has 2 saturated carbocycles. The highest BCUT2D eigenvalue weighted by atomic mass is 35.5. The van der Waals surface area contributed by atoms with Crippen molar-refractivity contribution in [3.8, 4) is 0 Å². The van der Waals surface area contributed by atoms with Gasteiger partial charge in [0.1, 0.15) is 5.82 Å². The highest BCUT2D eigenvalue weighted by Crippen LogP contribution is 2.43. The zero-order chi connectivity index (χ0) is 11.1. The van der Waals surface area contributed by atoms with Crippen LogP contribution in [-0.4, -0.2) is 28.0 Å². The Morgan fingerprint density at radius 2 is 2.06 bits per heavy atom. The maximum Gasteiger partial charge on any atom is 0.225 e. The zero-order valence-electron chi connectivity index (χ0n) is 9.40. The molecule has 0 aromatic carbocycles. The second-order valence-electron chi connectivity index (χ2n) is 4.74. The molecule has 0 spiro atoms. The Balaban J connectivity index is 1.94. The third-order valence-electron chi connectivity index (χ3n) is 3.68. The second kappa shape index (κ2) is 4.00. The summed E-state index contributed by atoms with van der Waals surface area (Å²) < 4.78 is 7.63. The Morgan fingerprint density at radius 1 is 1.25 bits per heavy atom. The van der Waals surface area contributed by atoms with Gasteiger partial charge in [-0.25, -0.2) is 0 Å². The topological polar surface area (TPSA) is 39.9 Å². The third-order valence-corrected chi connectivity index (χ3v) is 3.93. The molecule has 0 N–H and O–H groups in total. The van der Waals surface area contributed by atoms with E-state index in [1.54, 1.807) is 7.11 Å². The van der Waals surface area contributed by atoms with Crippen LogP contribution in [0.5, 0.6) is 0 Å². The van der Waals surface area contributed by atoms with Crippen molar-refractivity contribution in [1.29, 1.82) is 0 Å².